The van der Waals surface area contributed by atoms with Gasteiger partial charge in [0.15, 0.2) is 0 Å². The van der Waals surface area contributed by atoms with Crippen molar-refractivity contribution in [1.29, 1.82) is 0 Å². The number of aliphatic imine (C=N–C) groups is 2. The van der Waals surface area contributed by atoms with Gasteiger partial charge in [-0.3, -0.25) is 9.98 Å². The molecule has 0 aliphatic rings. The van der Waals surface area contributed by atoms with Gasteiger partial charge in [0.1, 0.15) is 0 Å². The first-order chi connectivity index (χ1) is 14.2. The maximum Gasteiger partial charge on any atom is 2.00 e. The smallest absolute Gasteiger partial charge is 0.358 e. The Hall–Kier alpha value is -1.30. The Balaban J connectivity index is 0.00000341. The summed E-state index contributed by atoms with van der Waals surface area (Å²) in [5.41, 5.74) is 8.41. The van der Waals surface area contributed by atoms with Gasteiger partial charge in [-0.05, 0) is 114 Å². The third-order valence-corrected chi connectivity index (χ3v) is 6.09. The predicted molar refractivity (Wildman–Crippen MR) is 148 cm³/mol. The van der Waals surface area contributed by atoms with Gasteiger partial charge in [0, 0.05) is 14.0 Å². The SMILES string of the molecule is CC(=Nc1c(C)cc(C)cc1Br)c1cccc(C(C)=Nc2c(C)cc(Cl)cc2Br)n1.[CH3-].[CH3-].[Fe+2]. The van der Waals surface area contributed by atoms with Crippen molar-refractivity contribution in [2.75, 3.05) is 0 Å². The molecule has 0 atom stereocenters. The average Bonchev–Trinajstić information content (AvgIpc) is 2.67. The second-order valence-corrected chi connectivity index (χ2v) is 9.41. The summed E-state index contributed by atoms with van der Waals surface area (Å²) in [5, 5.41) is 0.681. The minimum atomic E-state index is 0. The number of rotatable bonds is 4. The van der Waals surface area contributed by atoms with E-state index >= 15 is 0 Å². The Labute approximate surface area is 230 Å². The number of pyridine rings is 1. The largest absolute Gasteiger partial charge is 2.00 e. The Morgan fingerprint density at radius 3 is 1.70 bits per heavy atom. The van der Waals surface area contributed by atoms with E-state index in [0.717, 1.165) is 54.3 Å². The van der Waals surface area contributed by atoms with Crippen molar-refractivity contribution in [1.82, 2.24) is 4.98 Å². The van der Waals surface area contributed by atoms with Gasteiger partial charge in [0.25, 0.3) is 0 Å². The van der Waals surface area contributed by atoms with E-state index in [1.807, 2.05) is 51.1 Å². The number of aryl methyl sites for hydroxylation is 3. The van der Waals surface area contributed by atoms with Crippen LogP contribution in [-0.2, 0) is 17.1 Å². The zero-order valence-corrected chi connectivity index (χ0v) is 24.9. The molecule has 33 heavy (non-hydrogen) atoms. The first kappa shape index (κ1) is 31.7. The number of halogens is 3. The summed E-state index contributed by atoms with van der Waals surface area (Å²) < 4.78 is 1.84. The van der Waals surface area contributed by atoms with Crippen molar-refractivity contribution in [3.63, 3.8) is 0 Å². The Bertz CT molecular complexity index is 1060. The van der Waals surface area contributed by atoms with Gasteiger partial charge in [-0.2, -0.15) is 0 Å². The number of nitrogens with zero attached hydrogens (tertiary/aromatic N) is 3. The average molecular weight is 634 g/mol. The zero-order valence-electron chi connectivity index (χ0n) is 19.9. The van der Waals surface area contributed by atoms with Gasteiger partial charge in [-0.15, -0.1) is 0 Å². The molecule has 0 N–H and O–H groups in total. The molecule has 0 fully saturated rings. The molecular formula is C26H28Br2ClFeN3. The summed E-state index contributed by atoms with van der Waals surface area (Å²) in [5.74, 6) is 0. The molecule has 1 heterocycles. The monoisotopic (exact) mass is 631 g/mol. The van der Waals surface area contributed by atoms with E-state index in [0.29, 0.717) is 5.02 Å². The summed E-state index contributed by atoms with van der Waals surface area (Å²) in [6.07, 6.45) is 0. The fourth-order valence-electron chi connectivity index (χ4n) is 3.17. The van der Waals surface area contributed by atoms with E-state index < -0.39 is 0 Å². The van der Waals surface area contributed by atoms with E-state index in [9.17, 15) is 0 Å². The van der Waals surface area contributed by atoms with Crippen molar-refractivity contribution in [3.05, 3.63) is 99.4 Å². The normalized spacial score (nSPS) is 11.3. The van der Waals surface area contributed by atoms with E-state index in [1.54, 1.807) is 0 Å². The van der Waals surface area contributed by atoms with Crippen molar-refractivity contribution in [2.45, 2.75) is 34.6 Å². The van der Waals surface area contributed by atoms with Crippen LogP contribution in [0.4, 0.5) is 11.4 Å². The second kappa shape index (κ2) is 13.6. The predicted octanol–water partition coefficient (Wildman–Crippen LogP) is 9.36. The molecule has 2 aromatic carbocycles. The third kappa shape index (κ3) is 7.87. The molecule has 176 valence electrons. The minimum absolute atomic E-state index is 0. The quantitative estimate of drug-likeness (QED) is 0.160. The molecule has 0 spiro atoms. The van der Waals surface area contributed by atoms with E-state index in [-0.39, 0.29) is 31.9 Å². The summed E-state index contributed by atoms with van der Waals surface area (Å²) in [6.45, 7) is 10.1. The minimum Gasteiger partial charge on any atom is -0.358 e. The summed E-state index contributed by atoms with van der Waals surface area (Å²) >= 11 is 13.3. The van der Waals surface area contributed by atoms with Crippen LogP contribution in [0.25, 0.3) is 0 Å². The fourth-order valence-corrected chi connectivity index (χ4v) is 4.99. The van der Waals surface area contributed by atoms with Crippen LogP contribution in [0.1, 0.15) is 41.9 Å². The molecule has 3 aromatic rings. The van der Waals surface area contributed by atoms with Crippen LogP contribution < -0.4 is 0 Å². The Morgan fingerprint density at radius 2 is 1.24 bits per heavy atom. The molecule has 3 rings (SSSR count). The zero-order chi connectivity index (χ0) is 22.0. The molecule has 0 saturated heterocycles. The van der Waals surface area contributed by atoms with Crippen molar-refractivity contribution in [3.8, 4) is 0 Å². The second-order valence-electron chi connectivity index (χ2n) is 7.27. The maximum absolute atomic E-state index is 6.12. The Kier molecular flexibility index (Phi) is 13.0. The van der Waals surface area contributed by atoms with Gasteiger partial charge in [0.2, 0.25) is 0 Å². The van der Waals surface area contributed by atoms with Crippen molar-refractivity contribution < 1.29 is 17.1 Å². The van der Waals surface area contributed by atoms with Crippen molar-refractivity contribution in [2.24, 2.45) is 9.98 Å². The number of benzene rings is 2. The van der Waals surface area contributed by atoms with E-state index in [4.69, 9.17) is 26.6 Å². The standard InChI is InChI=1S/C24H22Br2ClN3.2CH3.Fe/c1-13-9-14(2)23(19(25)10-13)28-16(4)21-7-6-8-22(30-21)17(5)29-24-15(3)11-18(27)12-20(24)26;;;/h6-12H,1-5H3;2*1H3;/q;2*-1;+2. The van der Waals surface area contributed by atoms with E-state index in [2.05, 4.69) is 57.8 Å². The molecule has 0 bridgehead atoms. The van der Waals surface area contributed by atoms with Crippen molar-refractivity contribution >= 4 is 66.3 Å². The molecule has 0 amide bonds. The fraction of sp³-hybridized carbons (Fsp3) is 0.192. The molecule has 1 aromatic heterocycles. The van der Waals surface area contributed by atoms with Gasteiger partial charge >= 0.3 is 17.1 Å². The molecule has 7 heteroatoms. The Morgan fingerprint density at radius 1 is 0.788 bits per heavy atom. The first-order valence-corrected chi connectivity index (χ1v) is 11.4. The molecule has 0 aliphatic heterocycles. The number of hydrogen-bond donors (Lipinski definition) is 0. The van der Waals surface area contributed by atoms with Crippen LogP contribution in [0.15, 0.2) is 61.4 Å². The van der Waals surface area contributed by atoms with Crippen LogP contribution in [0.5, 0.6) is 0 Å². The van der Waals surface area contributed by atoms with Crippen LogP contribution in [0.3, 0.4) is 0 Å². The van der Waals surface area contributed by atoms with Crippen LogP contribution in [0.2, 0.25) is 5.02 Å². The van der Waals surface area contributed by atoms with Crippen LogP contribution >= 0.6 is 43.5 Å². The molecule has 0 unspecified atom stereocenters. The number of aromatic nitrogens is 1. The summed E-state index contributed by atoms with van der Waals surface area (Å²) in [7, 11) is 0. The van der Waals surface area contributed by atoms with E-state index in [1.165, 1.54) is 5.56 Å². The molecule has 0 radical (unpaired) electrons. The maximum atomic E-state index is 6.12. The van der Waals surface area contributed by atoms with Gasteiger partial charge in [0.05, 0.1) is 34.2 Å². The molecule has 0 aliphatic carbocycles. The topological polar surface area (TPSA) is 37.6 Å². The van der Waals surface area contributed by atoms with Crippen LogP contribution in [0, 0.1) is 35.6 Å². The van der Waals surface area contributed by atoms with Gasteiger partial charge < -0.3 is 14.9 Å². The number of hydrogen-bond acceptors (Lipinski definition) is 3. The van der Waals surface area contributed by atoms with Crippen LogP contribution in [-0.4, -0.2) is 16.4 Å². The van der Waals surface area contributed by atoms with Gasteiger partial charge in [-0.1, -0.05) is 23.7 Å². The summed E-state index contributed by atoms with van der Waals surface area (Å²) in [6, 6.07) is 13.9. The molecular weight excluding hydrogens is 605 g/mol. The third-order valence-electron chi connectivity index (χ3n) is 4.67. The molecule has 3 nitrogen and oxygen atoms in total. The van der Waals surface area contributed by atoms with Gasteiger partial charge in [-0.25, -0.2) is 4.98 Å². The summed E-state index contributed by atoms with van der Waals surface area (Å²) in [4.78, 5) is 14.4. The molecule has 0 saturated carbocycles. The first-order valence-electron chi connectivity index (χ1n) is 9.46.